The van der Waals surface area contributed by atoms with Crippen LogP contribution in [0.3, 0.4) is 0 Å². The molecular weight excluding hydrogens is 276 g/mol. The summed E-state index contributed by atoms with van der Waals surface area (Å²) in [6, 6.07) is 7.84. The summed E-state index contributed by atoms with van der Waals surface area (Å²) in [7, 11) is 0. The highest BCUT2D eigenvalue weighted by Crippen LogP contribution is 2.20. The van der Waals surface area contributed by atoms with Crippen molar-refractivity contribution in [3.8, 4) is 0 Å². The average molecular weight is 285 g/mol. The van der Waals surface area contributed by atoms with Gasteiger partial charge in [-0.3, -0.25) is 0 Å². The van der Waals surface area contributed by atoms with Gasteiger partial charge in [-0.05, 0) is 29.9 Å². The molecule has 1 unspecified atom stereocenters. The van der Waals surface area contributed by atoms with Crippen LogP contribution in [0.1, 0.15) is 11.7 Å². The van der Waals surface area contributed by atoms with E-state index in [4.69, 9.17) is 18.0 Å². The molecular formula is C9H9BrN4S. The number of guanidine groups is 1. The molecule has 15 heavy (non-hydrogen) atoms. The largest absolute Gasteiger partial charge is 0.370 e. The Morgan fingerprint density at radius 3 is 2.93 bits per heavy atom. The first-order valence-electron chi connectivity index (χ1n) is 4.31. The minimum Gasteiger partial charge on any atom is -0.370 e. The molecule has 1 aromatic rings. The van der Waals surface area contributed by atoms with Gasteiger partial charge >= 0.3 is 0 Å². The van der Waals surface area contributed by atoms with Crippen LogP contribution < -0.4 is 16.4 Å². The second-order valence-corrected chi connectivity index (χ2v) is 4.39. The summed E-state index contributed by atoms with van der Waals surface area (Å²) < 4.78 is 1.00. The topological polar surface area (TPSA) is 62.4 Å². The van der Waals surface area contributed by atoms with Gasteiger partial charge in [0, 0.05) is 4.47 Å². The number of hydrogen-bond donors (Lipinski definition) is 3. The number of rotatable bonds is 1. The predicted octanol–water partition coefficient (Wildman–Crippen LogP) is 1.24. The Bertz CT molecular complexity index is 432. The molecule has 0 spiro atoms. The van der Waals surface area contributed by atoms with Gasteiger partial charge in [0.15, 0.2) is 11.1 Å². The number of nitrogens with zero attached hydrogens (tertiary/aromatic N) is 1. The maximum atomic E-state index is 5.59. The molecule has 1 aromatic carbocycles. The maximum absolute atomic E-state index is 5.59. The highest BCUT2D eigenvalue weighted by Gasteiger charge is 2.16. The molecule has 1 atom stereocenters. The van der Waals surface area contributed by atoms with E-state index in [0.29, 0.717) is 11.1 Å². The van der Waals surface area contributed by atoms with Gasteiger partial charge in [-0.2, -0.15) is 0 Å². The van der Waals surface area contributed by atoms with E-state index in [1.807, 2.05) is 24.3 Å². The Labute approximate surface area is 101 Å². The lowest BCUT2D eigenvalue weighted by atomic mass is 10.2. The van der Waals surface area contributed by atoms with E-state index in [2.05, 4.69) is 31.6 Å². The third-order valence-electron chi connectivity index (χ3n) is 1.94. The molecule has 1 heterocycles. The van der Waals surface area contributed by atoms with Crippen LogP contribution in [0.15, 0.2) is 33.7 Å². The van der Waals surface area contributed by atoms with Crippen LogP contribution in [0.2, 0.25) is 0 Å². The van der Waals surface area contributed by atoms with E-state index in [1.54, 1.807) is 0 Å². The zero-order valence-electron chi connectivity index (χ0n) is 7.70. The first-order valence-corrected chi connectivity index (χ1v) is 5.51. The molecule has 1 aliphatic heterocycles. The van der Waals surface area contributed by atoms with Gasteiger partial charge in [-0.15, -0.1) is 0 Å². The summed E-state index contributed by atoms with van der Waals surface area (Å²) in [6.45, 7) is 0. The smallest absolute Gasteiger partial charge is 0.197 e. The van der Waals surface area contributed by atoms with Crippen LogP contribution in [-0.2, 0) is 0 Å². The Hall–Kier alpha value is -1.14. The number of thiocarbonyl (C=S) groups is 1. The summed E-state index contributed by atoms with van der Waals surface area (Å²) in [5, 5.41) is 6.25. The van der Waals surface area contributed by atoms with Crippen LogP contribution in [0.4, 0.5) is 0 Å². The van der Waals surface area contributed by atoms with Crippen LogP contribution >= 0.6 is 28.1 Å². The van der Waals surface area contributed by atoms with Crippen molar-refractivity contribution in [2.45, 2.75) is 6.17 Å². The van der Waals surface area contributed by atoms with E-state index < -0.39 is 0 Å². The Kier molecular flexibility index (Phi) is 2.88. The van der Waals surface area contributed by atoms with Crippen LogP contribution in [0.25, 0.3) is 0 Å². The molecule has 0 bridgehead atoms. The first-order chi connectivity index (χ1) is 7.15. The molecule has 78 valence electrons. The Morgan fingerprint density at radius 1 is 1.47 bits per heavy atom. The van der Waals surface area contributed by atoms with Crippen molar-refractivity contribution in [1.29, 1.82) is 0 Å². The van der Waals surface area contributed by atoms with E-state index >= 15 is 0 Å². The third kappa shape index (κ3) is 2.45. The standard InChI is InChI=1S/C9H9BrN4S/c10-6-3-1-2-5(4-6)7-12-8(11)14-9(15)13-7/h1-4,7H,(H4,11,12,13,14,15). The minimum absolute atomic E-state index is 0.212. The fourth-order valence-electron chi connectivity index (χ4n) is 1.31. The summed E-state index contributed by atoms with van der Waals surface area (Å²) >= 11 is 8.40. The van der Waals surface area contributed by atoms with Gasteiger partial charge in [-0.1, -0.05) is 28.1 Å². The SMILES string of the molecule is NC1=NC(c2cccc(Br)c2)NC(=S)N1. The second-order valence-electron chi connectivity index (χ2n) is 3.07. The minimum atomic E-state index is -0.212. The first kappa shape index (κ1) is 10.4. The lowest BCUT2D eigenvalue weighted by molar-refractivity contribution is 0.660. The van der Waals surface area contributed by atoms with E-state index in [1.165, 1.54) is 0 Å². The molecule has 1 aliphatic rings. The van der Waals surface area contributed by atoms with Gasteiger partial charge in [0.05, 0.1) is 0 Å². The van der Waals surface area contributed by atoms with E-state index in [9.17, 15) is 0 Å². The molecule has 4 N–H and O–H groups in total. The summed E-state index contributed by atoms with van der Waals surface area (Å²) in [4.78, 5) is 4.21. The molecule has 0 amide bonds. The third-order valence-corrected chi connectivity index (χ3v) is 2.66. The van der Waals surface area contributed by atoms with Gasteiger partial charge in [-0.25, -0.2) is 4.99 Å². The van der Waals surface area contributed by atoms with Crippen molar-refractivity contribution in [1.82, 2.24) is 10.6 Å². The number of halogens is 1. The fourth-order valence-corrected chi connectivity index (χ4v) is 1.95. The number of hydrogen-bond acceptors (Lipinski definition) is 3. The molecule has 0 saturated carbocycles. The van der Waals surface area contributed by atoms with E-state index in [-0.39, 0.29) is 6.17 Å². The van der Waals surface area contributed by atoms with Crippen molar-refractivity contribution in [2.24, 2.45) is 10.7 Å². The normalized spacial score (nSPS) is 20.2. The molecule has 0 radical (unpaired) electrons. The molecule has 4 nitrogen and oxygen atoms in total. The number of nitrogens with two attached hydrogens (primary N) is 1. The Balaban J connectivity index is 2.31. The van der Waals surface area contributed by atoms with Crippen molar-refractivity contribution in [3.05, 3.63) is 34.3 Å². The molecule has 0 saturated heterocycles. The lowest BCUT2D eigenvalue weighted by Crippen LogP contribution is -2.49. The van der Waals surface area contributed by atoms with Crippen LogP contribution in [0, 0.1) is 0 Å². The predicted molar refractivity (Wildman–Crippen MR) is 67.4 cm³/mol. The zero-order valence-corrected chi connectivity index (χ0v) is 10.1. The molecule has 6 heteroatoms. The van der Waals surface area contributed by atoms with Crippen LogP contribution in [0.5, 0.6) is 0 Å². The number of nitrogens with one attached hydrogen (secondary N) is 2. The maximum Gasteiger partial charge on any atom is 0.197 e. The zero-order chi connectivity index (χ0) is 10.8. The lowest BCUT2D eigenvalue weighted by Gasteiger charge is -2.23. The Morgan fingerprint density at radius 2 is 2.27 bits per heavy atom. The van der Waals surface area contributed by atoms with Crippen molar-refractivity contribution < 1.29 is 0 Å². The summed E-state index contributed by atoms with van der Waals surface area (Å²) in [6.07, 6.45) is -0.212. The monoisotopic (exact) mass is 284 g/mol. The highest BCUT2D eigenvalue weighted by atomic mass is 79.9. The number of aliphatic imine (C=N–C) groups is 1. The fraction of sp³-hybridized carbons (Fsp3) is 0.111. The van der Waals surface area contributed by atoms with Crippen molar-refractivity contribution in [3.63, 3.8) is 0 Å². The van der Waals surface area contributed by atoms with Crippen molar-refractivity contribution in [2.75, 3.05) is 0 Å². The van der Waals surface area contributed by atoms with Crippen molar-refractivity contribution >= 4 is 39.2 Å². The quantitative estimate of drug-likeness (QED) is 0.679. The highest BCUT2D eigenvalue weighted by molar-refractivity contribution is 9.10. The van der Waals surface area contributed by atoms with Gasteiger partial charge in [0.25, 0.3) is 0 Å². The number of benzene rings is 1. The molecule has 0 fully saturated rings. The average Bonchev–Trinajstić information content (AvgIpc) is 2.16. The van der Waals surface area contributed by atoms with E-state index in [0.717, 1.165) is 10.0 Å². The summed E-state index contributed by atoms with van der Waals surface area (Å²) in [5.74, 6) is 0.337. The summed E-state index contributed by atoms with van der Waals surface area (Å²) in [5.41, 5.74) is 6.60. The second kappa shape index (κ2) is 4.16. The molecule has 0 aromatic heterocycles. The van der Waals surface area contributed by atoms with Crippen LogP contribution in [-0.4, -0.2) is 11.1 Å². The van der Waals surface area contributed by atoms with Gasteiger partial charge in [0.2, 0.25) is 0 Å². The molecule has 2 rings (SSSR count). The molecule has 0 aliphatic carbocycles. The van der Waals surface area contributed by atoms with Gasteiger partial charge < -0.3 is 16.4 Å². The van der Waals surface area contributed by atoms with Gasteiger partial charge in [0.1, 0.15) is 6.17 Å².